The fraction of sp³-hybridized carbons (Fsp3) is 0.111. The molecule has 128 valence electrons. The van der Waals surface area contributed by atoms with Gasteiger partial charge in [0.1, 0.15) is 5.75 Å². The fourth-order valence-electron chi connectivity index (χ4n) is 2.61. The van der Waals surface area contributed by atoms with Gasteiger partial charge in [-0.25, -0.2) is 9.48 Å². The Balaban J connectivity index is 2.26. The van der Waals surface area contributed by atoms with Crippen molar-refractivity contribution in [3.63, 3.8) is 0 Å². The molecule has 0 spiro atoms. The molecule has 0 aliphatic heterocycles. The number of rotatable bonds is 4. The monoisotopic (exact) mass is 376 g/mol. The molecular formula is C18H14Cl2N2O3. The summed E-state index contributed by atoms with van der Waals surface area (Å²) in [5, 5.41) is 14.6. The summed E-state index contributed by atoms with van der Waals surface area (Å²) in [4.78, 5) is 11.5. The average molecular weight is 377 g/mol. The summed E-state index contributed by atoms with van der Waals surface area (Å²) < 4.78 is 6.70. The van der Waals surface area contributed by atoms with Gasteiger partial charge in [-0.05, 0) is 49.4 Å². The lowest BCUT2D eigenvalue weighted by molar-refractivity contribution is 0.0689. The number of carbonyl (C=O) groups is 1. The molecule has 7 heteroatoms. The first kappa shape index (κ1) is 17.3. The standard InChI is InChI=1S/C18H14Cl2N2O3/c1-10-16(18(23)24)21-22(15-8-5-12(19)9-14(15)20)17(10)11-3-6-13(25-2)7-4-11/h3-9H,1-2H3,(H,23,24). The molecule has 0 unspecified atom stereocenters. The van der Waals surface area contributed by atoms with Gasteiger partial charge < -0.3 is 9.84 Å². The van der Waals surface area contributed by atoms with Crippen LogP contribution < -0.4 is 4.74 Å². The van der Waals surface area contributed by atoms with E-state index in [1.54, 1.807) is 44.4 Å². The maximum Gasteiger partial charge on any atom is 0.356 e. The largest absolute Gasteiger partial charge is 0.497 e. The smallest absolute Gasteiger partial charge is 0.356 e. The molecule has 0 saturated heterocycles. The van der Waals surface area contributed by atoms with Gasteiger partial charge in [0, 0.05) is 16.1 Å². The zero-order valence-corrected chi connectivity index (χ0v) is 15.0. The van der Waals surface area contributed by atoms with Crippen molar-refractivity contribution in [1.82, 2.24) is 9.78 Å². The summed E-state index contributed by atoms with van der Waals surface area (Å²) in [6, 6.07) is 12.3. The van der Waals surface area contributed by atoms with Gasteiger partial charge in [-0.3, -0.25) is 0 Å². The first-order valence-corrected chi connectivity index (χ1v) is 8.10. The van der Waals surface area contributed by atoms with Crippen molar-refractivity contribution < 1.29 is 14.6 Å². The Bertz CT molecular complexity index is 950. The molecule has 0 radical (unpaired) electrons. The molecule has 0 fully saturated rings. The zero-order valence-electron chi connectivity index (χ0n) is 13.5. The van der Waals surface area contributed by atoms with Crippen LogP contribution in [0, 0.1) is 6.92 Å². The minimum absolute atomic E-state index is 0.0307. The van der Waals surface area contributed by atoms with Crippen LogP contribution in [0.1, 0.15) is 16.1 Å². The normalized spacial score (nSPS) is 10.7. The van der Waals surface area contributed by atoms with Crippen LogP contribution in [0.2, 0.25) is 10.0 Å². The fourth-order valence-corrected chi connectivity index (χ4v) is 3.10. The number of aromatic nitrogens is 2. The minimum Gasteiger partial charge on any atom is -0.497 e. The van der Waals surface area contributed by atoms with Gasteiger partial charge in [0.15, 0.2) is 5.69 Å². The van der Waals surface area contributed by atoms with Crippen LogP contribution in [0.4, 0.5) is 0 Å². The third-order valence-corrected chi connectivity index (χ3v) is 4.36. The Labute approximate surface area is 154 Å². The summed E-state index contributed by atoms with van der Waals surface area (Å²) in [5.41, 5.74) is 2.50. The molecule has 1 N–H and O–H groups in total. The van der Waals surface area contributed by atoms with E-state index in [4.69, 9.17) is 27.9 Å². The van der Waals surface area contributed by atoms with Crippen molar-refractivity contribution in [2.75, 3.05) is 7.11 Å². The number of nitrogens with zero attached hydrogens (tertiary/aromatic N) is 2. The van der Waals surface area contributed by atoms with E-state index >= 15 is 0 Å². The van der Waals surface area contributed by atoms with E-state index in [0.29, 0.717) is 32.7 Å². The van der Waals surface area contributed by atoms with Gasteiger partial charge in [-0.2, -0.15) is 5.10 Å². The van der Waals surface area contributed by atoms with Crippen molar-refractivity contribution in [2.45, 2.75) is 6.92 Å². The minimum atomic E-state index is -1.10. The Morgan fingerprint density at radius 2 is 1.84 bits per heavy atom. The van der Waals surface area contributed by atoms with E-state index < -0.39 is 5.97 Å². The molecule has 1 aromatic heterocycles. The molecule has 0 atom stereocenters. The Hall–Kier alpha value is -2.50. The Morgan fingerprint density at radius 1 is 1.16 bits per heavy atom. The van der Waals surface area contributed by atoms with E-state index in [2.05, 4.69) is 5.10 Å². The van der Waals surface area contributed by atoms with E-state index in [9.17, 15) is 9.90 Å². The van der Waals surface area contributed by atoms with Crippen LogP contribution in [-0.4, -0.2) is 28.0 Å². The van der Waals surface area contributed by atoms with Crippen LogP contribution in [0.5, 0.6) is 5.75 Å². The third-order valence-electron chi connectivity index (χ3n) is 3.83. The number of halogens is 2. The number of carboxylic acid groups (broad SMARTS) is 1. The highest BCUT2D eigenvalue weighted by Gasteiger charge is 2.22. The molecule has 1 heterocycles. The Kier molecular flexibility index (Phi) is 4.70. The number of hydrogen-bond donors (Lipinski definition) is 1. The lowest BCUT2D eigenvalue weighted by Crippen LogP contribution is -2.03. The molecule has 3 rings (SSSR count). The van der Waals surface area contributed by atoms with Crippen molar-refractivity contribution in [3.8, 4) is 22.7 Å². The molecule has 0 bridgehead atoms. The summed E-state index contributed by atoms with van der Waals surface area (Å²) in [6.07, 6.45) is 0. The van der Waals surface area contributed by atoms with Crippen molar-refractivity contribution in [3.05, 3.63) is 63.8 Å². The second-order valence-corrected chi connectivity index (χ2v) is 6.21. The average Bonchev–Trinajstić information content (AvgIpc) is 2.92. The molecule has 0 saturated carbocycles. The predicted molar refractivity (Wildman–Crippen MR) is 97.3 cm³/mol. The first-order chi connectivity index (χ1) is 11.9. The third kappa shape index (κ3) is 3.21. The second-order valence-electron chi connectivity index (χ2n) is 5.36. The molecule has 0 aliphatic rings. The highest BCUT2D eigenvalue weighted by molar-refractivity contribution is 6.35. The van der Waals surface area contributed by atoms with Gasteiger partial charge in [0.25, 0.3) is 0 Å². The number of ether oxygens (including phenoxy) is 1. The van der Waals surface area contributed by atoms with Crippen LogP contribution in [0.3, 0.4) is 0 Å². The predicted octanol–water partition coefficient (Wildman–Crippen LogP) is 4.86. The second kappa shape index (κ2) is 6.78. The SMILES string of the molecule is COc1ccc(-c2c(C)c(C(=O)O)nn2-c2ccc(Cl)cc2Cl)cc1. The van der Waals surface area contributed by atoms with Crippen LogP contribution in [-0.2, 0) is 0 Å². The Morgan fingerprint density at radius 3 is 2.40 bits per heavy atom. The maximum absolute atomic E-state index is 11.5. The molecule has 25 heavy (non-hydrogen) atoms. The zero-order chi connectivity index (χ0) is 18.1. The van der Waals surface area contributed by atoms with Crippen molar-refractivity contribution in [1.29, 1.82) is 0 Å². The van der Waals surface area contributed by atoms with E-state index in [0.717, 1.165) is 5.56 Å². The maximum atomic E-state index is 11.5. The van der Waals surface area contributed by atoms with Gasteiger partial charge in [0.05, 0.1) is 23.5 Å². The van der Waals surface area contributed by atoms with Crippen LogP contribution in [0.15, 0.2) is 42.5 Å². The van der Waals surface area contributed by atoms with Crippen LogP contribution in [0.25, 0.3) is 16.9 Å². The summed E-state index contributed by atoms with van der Waals surface area (Å²) >= 11 is 12.3. The van der Waals surface area contributed by atoms with Crippen molar-refractivity contribution in [2.24, 2.45) is 0 Å². The number of aromatic carboxylic acids is 1. The molecule has 2 aromatic carbocycles. The van der Waals surface area contributed by atoms with Gasteiger partial charge in [-0.1, -0.05) is 23.2 Å². The lowest BCUT2D eigenvalue weighted by Gasteiger charge is -2.11. The number of hydrogen-bond acceptors (Lipinski definition) is 3. The molecule has 0 aliphatic carbocycles. The quantitative estimate of drug-likeness (QED) is 0.705. The van der Waals surface area contributed by atoms with Gasteiger partial charge >= 0.3 is 5.97 Å². The number of carboxylic acids is 1. The molecule has 3 aromatic rings. The van der Waals surface area contributed by atoms with Gasteiger partial charge in [-0.15, -0.1) is 0 Å². The van der Waals surface area contributed by atoms with E-state index in [-0.39, 0.29) is 5.69 Å². The lowest BCUT2D eigenvalue weighted by atomic mass is 10.1. The first-order valence-electron chi connectivity index (χ1n) is 7.35. The summed E-state index contributed by atoms with van der Waals surface area (Å²) in [5.74, 6) is -0.397. The topological polar surface area (TPSA) is 64.3 Å². The number of benzene rings is 2. The van der Waals surface area contributed by atoms with Gasteiger partial charge in [0.2, 0.25) is 0 Å². The van der Waals surface area contributed by atoms with Crippen LogP contribution >= 0.6 is 23.2 Å². The molecule has 5 nitrogen and oxygen atoms in total. The summed E-state index contributed by atoms with van der Waals surface area (Å²) in [6.45, 7) is 1.72. The highest BCUT2D eigenvalue weighted by atomic mass is 35.5. The van der Waals surface area contributed by atoms with E-state index in [1.807, 2.05) is 12.1 Å². The van der Waals surface area contributed by atoms with Crippen molar-refractivity contribution >= 4 is 29.2 Å². The summed E-state index contributed by atoms with van der Waals surface area (Å²) in [7, 11) is 1.58. The number of methoxy groups -OCH3 is 1. The highest BCUT2D eigenvalue weighted by Crippen LogP contribution is 2.33. The molecule has 0 amide bonds. The van der Waals surface area contributed by atoms with E-state index in [1.165, 1.54) is 4.68 Å². The molecular weight excluding hydrogens is 363 g/mol.